The van der Waals surface area contributed by atoms with Crippen LogP contribution in [-0.4, -0.2) is 35.5 Å². The van der Waals surface area contributed by atoms with Gasteiger partial charge in [0.25, 0.3) is 0 Å². The molecule has 1 amide bonds. The average Bonchev–Trinajstić information content (AvgIpc) is 2.46. The highest BCUT2D eigenvalue weighted by molar-refractivity contribution is 5.79. The van der Waals surface area contributed by atoms with Gasteiger partial charge in [-0.3, -0.25) is 4.79 Å². The number of hydrogen-bond acceptors (Lipinski definition) is 3. The predicted molar refractivity (Wildman–Crippen MR) is 48.0 cm³/mol. The van der Waals surface area contributed by atoms with Crippen molar-refractivity contribution >= 4 is 12.0 Å². The lowest BCUT2D eigenvalue weighted by molar-refractivity contribution is -0.129. The number of isocyanates is 1. The minimum Gasteiger partial charge on any atom is -0.338 e. The van der Waals surface area contributed by atoms with Crippen LogP contribution in [0.25, 0.3) is 0 Å². The highest BCUT2D eigenvalue weighted by Crippen LogP contribution is 2.17. The normalized spacial score (nSPS) is 24.3. The van der Waals surface area contributed by atoms with Gasteiger partial charge in [-0.05, 0) is 13.3 Å². The molecule has 0 saturated carbocycles. The Labute approximate surface area is 77.6 Å². The molecule has 0 bridgehead atoms. The van der Waals surface area contributed by atoms with E-state index < -0.39 is 0 Å². The van der Waals surface area contributed by atoms with Crippen LogP contribution in [-0.2, 0) is 9.59 Å². The molecule has 1 fully saturated rings. The Hall–Kier alpha value is -1.15. The Kier molecular flexibility index (Phi) is 3.20. The summed E-state index contributed by atoms with van der Waals surface area (Å²) in [6.07, 6.45) is 2.80. The van der Waals surface area contributed by atoms with Gasteiger partial charge in [-0.15, -0.1) is 0 Å². The first kappa shape index (κ1) is 9.93. The first-order valence-corrected chi connectivity index (χ1v) is 4.55. The Morgan fingerprint density at radius 1 is 1.77 bits per heavy atom. The molecule has 1 rings (SSSR count). The van der Waals surface area contributed by atoms with Gasteiger partial charge in [0, 0.05) is 12.6 Å². The maximum atomic E-state index is 11.4. The number of nitrogens with zero attached hydrogens (tertiary/aromatic N) is 2. The third-order valence-electron chi connectivity index (χ3n) is 2.50. The molecule has 0 aromatic heterocycles. The second kappa shape index (κ2) is 4.19. The van der Waals surface area contributed by atoms with Crippen LogP contribution in [0.5, 0.6) is 0 Å². The number of amides is 1. The molecule has 1 aliphatic heterocycles. The van der Waals surface area contributed by atoms with Crippen molar-refractivity contribution in [3.8, 4) is 0 Å². The van der Waals surface area contributed by atoms with Gasteiger partial charge in [0.1, 0.15) is 0 Å². The van der Waals surface area contributed by atoms with Crippen LogP contribution in [0.15, 0.2) is 4.99 Å². The van der Waals surface area contributed by atoms with Crippen LogP contribution in [0, 0.1) is 0 Å². The van der Waals surface area contributed by atoms with Crippen LogP contribution in [0.2, 0.25) is 0 Å². The van der Waals surface area contributed by atoms with E-state index in [1.54, 1.807) is 4.90 Å². The molecule has 4 nitrogen and oxygen atoms in total. The maximum Gasteiger partial charge on any atom is 0.235 e. The number of hydrogen-bond donors (Lipinski definition) is 0. The van der Waals surface area contributed by atoms with Gasteiger partial charge >= 0.3 is 0 Å². The second-order valence-electron chi connectivity index (χ2n) is 3.38. The summed E-state index contributed by atoms with van der Waals surface area (Å²) in [5.74, 6) is 0.0957. The lowest BCUT2D eigenvalue weighted by Crippen LogP contribution is -2.34. The van der Waals surface area contributed by atoms with Crippen LogP contribution < -0.4 is 0 Å². The minimum atomic E-state index is -0.168. The maximum absolute atomic E-state index is 11.4. The molecule has 0 aromatic rings. The number of carbonyl (C=O) groups is 1. The number of aliphatic imine (C=N–C) groups is 1. The molecular weight excluding hydrogens is 168 g/mol. The van der Waals surface area contributed by atoms with Gasteiger partial charge in [-0.2, -0.15) is 0 Å². The van der Waals surface area contributed by atoms with E-state index in [0.29, 0.717) is 13.0 Å². The summed E-state index contributed by atoms with van der Waals surface area (Å²) in [7, 11) is 0. The van der Waals surface area contributed by atoms with Gasteiger partial charge in [0.15, 0.2) is 0 Å². The monoisotopic (exact) mass is 182 g/mol. The topological polar surface area (TPSA) is 49.7 Å². The molecule has 1 aliphatic rings. The Morgan fingerprint density at radius 2 is 2.46 bits per heavy atom. The summed E-state index contributed by atoms with van der Waals surface area (Å²) < 4.78 is 0. The zero-order valence-corrected chi connectivity index (χ0v) is 7.99. The molecule has 2 unspecified atom stereocenters. The van der Waals surface area contributed by atoms with E-state index in [2.05, 4.69) is 4.99 Å². The Bertz CT molecular complexity index is 246. The quantitative estimate of drug-likeness (QED) is 0.477. The third-order valence-corrected chi connectivity index (χ3v) is 2.50. The van der Waals surface area contributed by atoms with Gasteiger partial charge in [-0.1, -0.05) is 6.92 Å². The van der Waals surface area contributed by atoms with Crippen LogP contribution in [0.3, 0.4) is 0 Å². The standard InChI is InChI=1S/C9H14N2O2/c1-3-7(2)11-5-8(10-6-12)4-9(11)13/h7-8H,3-5H2,1-2H3. The van der Waals surface area contributed by atoms with Crippen LogP contribution in [0.4, 0.5) is 0 Å². The van der Waals surface area contributed by atoms with E-state index in [-0.39, 0.29) is 18.0 Å². The molecule has 0 aliphatic carbocycles. The summed E-state index contributed by atoms with van der Waals surface area (Å²) in [4.78, 5) is 26.7. The van der Waals surface area contributed by atoms with Crippen molar-refractivity contribution in [3.63, 3.8) is 0 Å². The smallest absolute Gasteiger partial charge is 0.235 e. The van der Waals surface area contributed by atoms with E-state index in [0.717, 1.165) is 6.42 Å². The highest BCUT2D eigenvalue weighted by atomic mass is 16.2. The van der Waals surface area contributed by atoms with Crippen LogP contribution >= 0.6 is 0 Å². The molecule has 0 radical (unpaired) electrons. The molecule has 72 valence electrons. The van der Waals surface area contributed by atoms with Gasteiger partial charge in [0.05, 0.1) is 12.5 Å². The van der Waals surface area contributed by atoms with Gasteiger partial charge in [-0.25, -0.2) is 9.79 Å². The van der Waals surface area contributed by atoms with E-state index in [1.165, 1.54) is 6.08 Å². The first-order chi connectivity index (χ1) is 6.19. The molecule has 2 atom stereocenters. The van der Waals surface area contributed by atoms with E-state index in [4.69, 9.17) is 0 Å². The zero-order chi connectivity index (χ0) is 9.84. The molecule has 0 aromatic carbocycles. The minimum absolute atomic E-state index is 0.0957. The van der Waals surface area contributed by atoms with Crippen molar-refractivity contribution < 1.29 is 9.59 Å². The number of likely N-dealkylation sites (tertiary alicyclic amines) is 1. The molecule has 13 heavy (non-hydrogen) atoms. The van der Waals surface area contributed by atoms with Gasteiger partial charge in [0.2, 0.25) is 12.0 Å². The summed E-state index contributed by atoms with van der Waals surface area (Å²) in [6.45, 7) is 4.61. The number of rotatable bonds is 3. The average molecular weight is 182 g/mol. The van der Waals surface area contributed by atoms with E-state index >= 15 is 0 Å². The molecular formula is C9H14N2O2. The molecule has 0 spiro atoms. The van der Waals surface area contributed by atoms with Crippen molar-refractivity contribution in [2.45, 2.75) is 38.8 Å². The fourth-order valence-corrected chi connectivity index (χ4v) is 1.52. The molecule has 4 heteroatoms. The van der Waals surface area contributed by atoms with Gasteiger partial charge < -0.3 is 4.90 Å². The van der Waals surface area contributed by atoms with E-state index in [1.807, 2.05) is 13.8 Å². The lowest BCUT2D eigenvalue weighted by atomic mass is 10.2. The number of carbonyl (C=O) groups excluding carboxylic acids is 2. The lowest BCUT2D eigenvalue weighted by Gasteiger charge is -2.22. The fraction of sp³-hybridized carbons (Fsp3) is 0.778. The van der Waals surface area contributed by atoms with Crippen molar-refractivity contribution in [1.82, 2.24) is 4.90 Å². The molecule has 1 saturated heterocycles. The fourth-order valence-electron chi connectivity index (χ4n) is 1.52. The Balaban J connectivity index is 2.60. The summed E-state index contributed by atoms with van der Waals surface area (Å²) in [6, 6.07) is 0.0818. The Morgan fingerprint density at radius 3 is 3.00 bits per heavy atom. The van der Waals surface area contributed by atoms with Crippen LogP contribution in [0.1, 0.15) is 26.7 Å². The zero-order valence-electron chi connectivity index (χ0n) is 7.99. The van der Waals surface area contributed by atoms with Crippen molar-refractivity contribution in [3.05, 3.63) is 0 Å². The summed E-state index contributed by atoms with van der Waals surface area (Å²) in [5.41, 5.74) is 0. The molecule has 1 heterocycles. The SMILES string of the molecule is CCC(C)N1CC(N=C=O)CC1=O. The highest BCUT2D eigenvalue weighted by Gasteiger charge is 2.31. The van der Waals surface area contributed by atoms with E-state index in [9.17, 15) is 9.59 Å². The second-order valence-corrected chi connectivity index (χ2v) is 3.38. The molecule has 0 N–H and O–H groups in total. The van der Waals surface area contributed by atoms with Crippen molar-refractivity contribution in [2.75, 3.05) is 6.54 Å². The van der Waals surface area contributed by atoms with Crippen molar-refractivity contribution in [1.29, 1.82) is 0 Å². The summed E-state index contributed by atoms with van der Waals surface area (Å²) >= 11 is 0. The summed E-state index contributed by atoms with van der Waals surface area (Å²) in [5, 5.41) is 0. The van der Waals surface area contributed by atoms with Crippen molar-refractivity contribution in [2.24, 2.45) is 4.99 Å². The third kappa shape index (κ3) is 2.16. The largest absolute Gasteiger partial charge is 0.338 e. The predicted octanol–water partition coefficient (Wildman–Crippen LogP) is 0.722. The first-order valence-electron chi connectivity index (χ1n) is 4.55.